The lowest BCUT2D eigenvalue weighted by Gasteiger charge is -2.41. The van der Waals surface area contributed by atoms with E-state index < -0.39 is 11.2 Å². The van der Waals surface area contributed by atoms with Gasteiger partial charge in [0.1, 0.15) is 22.9 Å². The zero-order valence-electron chi connectivity index (χ0n) is 36.5. The van der Waals surface area contributed by atoms with Crippen LogP contribution in [0.1, 0.15) is 85.5 Å². The van der Waals surface area contributed by atoms with Gasteiger partial charge in [0.15, 0.2) is 0 Å². The Morgan fingerprint density at radius 1 is 0.738 bits per heavy atom. The van der Waals surface area contributed by atoms with Crippen LogP contribution in [0, 0.1) is 13.8 Å². The molecule has 324 valence electrons. The Morgan fingerprint density at radius 2 is 1.18 bits per heavy atom. The molecule has 2 saturated heterocycles. The van der Waals surface area contributed by atoms with Gasteiger partial charge in [-0.3, -0.25) is 23.9 Å². The Hall–Kier alpha value is -5.94. The summed E-state index contributed by atoms with van der Waals surface area (Å²) in [6.07, 6.45) is 4.81. The lowest BCUT2D eigenvalue weighted by molar-refractivity contribution is -0.00647. The molecule has 0 spiro atoms. The second-order valence-electron chi connectivity index (χ2n) is 16.8. The summed E-state index contributed by atoms with van der Waals surface area (Å²) in [4.78, 5) is 35.8. The van der Waals surface area contributed by atoms with Gasteiger partial charge in [0.25, 0.3) is 11.8 Å². The molecule has 2 aliphatic rings. The minimum Gasteiger partial charge on any atom is -0.494 e. The quantitative estimate of drug-likeness (QED) is 0.103. The molecule has 0 atom stereocenters. The van der Waals surface area contributed by atoms with Gasteiger partial charge < -0.3 is 35.6 Å². The van der Waals surface area contributed by atoms with E-state index in [2.05, 4.69) is 41.0 Å². The monoisotopic (exact) mass is 834 g/mol. The zero-order chi connectivity index (χ0) is 44.1. The molecule has 2 amide bonds. The average Bonchev–Trinajstić information content (AvgIpc) is 3.77. The predicted molar refractivity (Wildman–Crippen MR) is 237 cm³/mol. The molecule has 8 rings (SSSR count). The van der Waals surface area contributed by atoms with E-state index in [0.29, 0.717) is 46.8 Å². The molecule has 2 aliphatic heterocycles. The van der Waals surface area contributed by atoms with E-state index in [-0.39, 0.29) is 17.9 Å². The number of benzene rings is 2. The number of methoxy groups -OCH3 is 2. The van der Waals surface area contributed by atoms with Crippen LogP contribution in [-0.4, -0.2) is 115 Å². The van der Waals surface area contributed by atoms with Crippen molar-refractivity contribution in [3.8, 4) is 11.5 Å². The molecule has 5 N–H and O–H groups in total. The lowest BCUT2D eigenvalue weighted by Crippen LogP contribution is -2.52. The van der Waals surface area contributed by atoms with Crippen molar-refractivity contribution in [2.75, 3.05) is 57.6 Å². The van der Waals surface area contributed by atoms with Crippen molar-refractivity contribution in [3.63, 3.8) is 0 Å². The van der Waals surface area contributed by atoms with Gasteiger partial charge in [-0.25, -0.2) is 9.97 Å². The number of aliphatic hydroxyl groups is 2. The standard InChI is InChI=1S/C22H27N5O3.C18H19N5O2.C5H12O/c1-14-6-5-7-17(23-14)21(28)24-19-8-15-10-27(25-18(15)9-20(19)30-4)16-11-26(12-16)13-22(2,3)29;1-11-4-3-5-14(20-11)18(24)21-16-6-12-10-23(13-8-19-9-13)22-15(12)7-17(16)25-2;1-4-5(2,3)6/h5-10,16,29H,11-13H2,1-4H3,(H,24,28);3-7,10,13,19H,8-9H2,1-2H3,(H,21,24);6H,4H2,1-3H3. The van der Waals surface area contributed by atoms with E-state index in [4.69, 9.17) is 14.6 Å². The highest BCUT2D eigenvalue weighted by Gasteiger charge is 2.32. The average molecular weight is 835 g/mol. The highest BCUT2D eigenvalue weighted by atomic mass is 16.5. The maximum atomic E-state index is 12.6. The normalized spacial score (nSPS) is 14.5. The van der Waals surface area contributed by atoms with Crippen molar-refractivity contribution in [1.82, 2.24) is 39.7 Å². The van der Waals surface area contributed by atoms with Crippen LogP contribution in [0.4, 0.5) is 11.4 Å². The Labute approximate surface area is 356 Å². The first-order valence-corrected chi connectivity index (χ1v) is 20.4. The van der Waals surface area contributed by atoms with Gasteiger partial charge >= 0.3 is 0 Å². The molecule has 16 nitrogen and oxygen atoms in total. The number of nitrogens with zero attached hydrogens (tertiary/aromatic N) is 7. The second kappa shape index (κ2) is 18.8. The van der Waals surface area contributed by atoms with Crippen LogP contribution < -0.4 is 25.4 Å². The number of hydrogen-bond donors (Lipinski definition) is 5. The predicted octanol–water partition coefficient (Wildman–Crippen LogP) is 5.94. The second-order valence-corrected chi connectivity index (χ2v) is 16.8. The summed E-state index contributed by atoms with van der Waals surface area (Å²) < 4.78 is 14.8. The summed E-state index contributed by atoms with van der Waals surface area (Å²) >= 11 is 0. The first-order valence-electron chi connectivity index (χ1n) is 20.4. The Morgan fingerprint density at radius 3 is 1.54 bits per heavy atom. The van der Waals surface area contributed by atoms with Gasteiger partial charge in [-0.05, 0) is 84.4 Å². The maximum Gasteiger partial charge on any atom is 0.274 e. The van der Waals surface area contributed by atoms with Crippen molar-refractivity contribution in [3.05, 3.63) is 95.8 Å². The van der Waals surface area contributed by atoms with E-state index in [1.807, 2.05) is 105 Å². The summed E-state index contributed by atoms with van der Waals surface area (Å²) in [5, 5.41) is 39.0. The molecule has 0 saturated carbocycles. The van der Waals surface area contributed by atoms with Gasteiger partial charge in [-0.2, -0.15) is 10.2 Å². The summed E-state index contributed by atoms with van der Waals surface area (Å²) in [6.45, 7) is 17.1. The van der Waals surface area contributed by atoms with Crippen LogP contribution in [0.5, 0.6) is 11.5 Å². The number of ether oxygens (including phenoxy) is 2. The van der Waals surface area contributed by atoms with Crippen LogP contribution in [0.25, 0.3) is 21.8 Å². The molecule has 0 bridgehead atoms. The number of aryl methyl sites for hydroxylation is 2. The van der Waals surface area contributed by atoms with Crippen LogP contribution in [-0.2, 0) is 0 Å². The molecule has 61 heavy (non-hydrogen) atoms. The van der Waals surface area contributed by atoms with Crippen LogP contribution in [0.3, 0.4) is 0 Å². The van der Waals surface area contributed by atoms with Gasteiger partial charge in [0, 0.05) is 79.4 Å². The highest BCUT2D eigenvalue weighted by Crippen LogP contribution is 2.33. The fraction of sp³-hybridized carbons (Fsp3) is 0.422. The van der Waals surface area contributed by atoms with Crippen molar-refractivity contribution in [2.24, 2.45) is 0 Å². The number of β-amino-alcohol motifs (C(OH)–C–C–N with tert-alkyl or cyclic N) is 1. The van der Waals surface area contributed by atoms with Gasteiger partial charge in [-0.1, -0.05) is 19.1 Å². The maximum absolute atomic E-state index is 12.6. The third kappa shape index (κ3) is 11.7. The number of rotatable bonds is 11. The number of carbonyl (C=O) groups is 2. The fourth-order valence-electron chi connectivity index (χ4n) is 6.61. The first-order chi connectivity index (χ1) is 28.9. The Bertz CT molecular complexity index is 2470. The van der Waals surface area contributed by atoms with Crippen molar-refractivity contribution >= 4 is 45.0 Å². The highest BCUT2D eigenvalue weighted by molar-refractivity contribution is 6.06. The fourth-order valence-corrected chi connectivity index (χ4v) is 6.61. The molecule has 2 fully saturated rings. The van der Waals surface area contributed by atoms with E-state index in [1.165, 1.54) is 0 Å². The number of nitrogens with one attached hydrogen (secondary N) is 3. The van der Waals surface area contributed by atoms with Crippen molar-refractivity contribution < 1.29 is 29.3 Å². The molecule has 6 aromatic rings. The number of fused-ring (bicyclic) bond motifs is 2. The molecule has 4 aromatic heterocycles. The largest absolute Gasteiger partial charge is 0.494 e. The summed E-state index contributed by atoms with van der Waals surface area (Å²) in [6, 6.07) is 18.8. The van der Waals surface area contributed by atoms with Gasteiger partial charge in [-0.15, -0.1) is 0 Å². The molecule has 0 aliphatic carbocycles. The number of anilines is 2. The number of pyridine rings is 2. The minimum atomic E-state index is -0.702. The van der Waals surface area contributed by atoms with Crippen LogP contribution >= 0.6 is 0 Å². The number of hydrogen-bond acceptors (Lipinski definition) is 12. The smallest absolute Gasteiger partial charge is 0.274 e. The number of amides is 2. The first kappa shape index (κ1) is 44.6. The number of likely N-dealkylation sites (tertiary alicyclic amines) is 1. The summed E-state index contributed by atoms with van der Waals surface area (Å²) in [5.74, 6) is 0.568. The topological polar surface area (TPSA) is 194 Å². The van der Waals surface area contributed by atoms with E-state index >= 15 is 0 Å². The SMILES string of the molecule is CCC(C)(C)O.COc1cc2nn(C3CN(CC(C)(C)O)C3)cc2cc1NC(=O)c1cccc(C)n1.COc1cc2nn(C3CNC3)cc2cc1NC(=O)c1cccc(C)n1. The Kier molecular flexibility index (Phi) is 13.7. The molecular formula is C45H58N10O6. The number of aromatic nitrogens is 6. The van der Waals surface area contributed by atoms with Crippen LogP contribution in [0.2, 0.25) is 0 Å². The molecular weight excluding hydrogens is 777 g/mol. The molecule has 16 heteroatoms. The lowest BCUT2D eigenvalue weighted by atomic mass is 10.0. The third-order valence-electron chi connectivity index (χ3n) is 10.3. The third-order valence-corrected chi connectivity index (χ3v) is 10.3. The summed E-state index contributed by atoms with van der Waals surface area (Å²) in [5.41, 5.74) is 3.98. The van der Waals surface area contributed by atoms with E-state index in [1.54, 1.807) is 40.2 Å². The molecule has 2 aromatic carbocycles. The van der Waals surface area contributed by atoms with Crippen LogP contribution in [0.15, 0.2) is 73.1 Å². The minimum absolute atomic E-state index is 0.264. The van der Waals surface area contributed by atoms with E-state index in [9.17, 15) is 14.7 Å². The van der Waals surface area contributed by atoms with E-state index in [0.717, 1.165) is 65.8 Å². The summed E-state index contributed by atoms with van der Waals surface area (Å²) in [7, 11) is 3.15. The molecule has 0 radical (unpaired) electrons. The van der Waals surface area contributed by atoms with Crippen molar-refractivity contribution in [1.29, 1.82) is 0 Å². The van der Waals surface area contributed by atoms with Gasteiger partial charge in [0.2, 0.25) is 0 Å². The van der Waals surface area contributed by atoms with Gasteiger partial charge in [0.05, 0.1) is 59.9 Å². The zero-order valence-corrected chi connectivity index (χ0v) is 36.5. The Balaban J connectivity index is 0.000000182. The molecule has 0 unspecified atom stereocenters. The molecule has 6 heterocycles. The number of carbonyl (C=O) groups excluding carboxylic acids is 2. The van der Waals surface area contributed by atoms with Crippen molar-refractivity contribution in [2.45, 2.75) is 78.2 Å².